The molecule has 108 valence electrons. The number of ether oxygens (including phenoxy) is 1. The van der Waals surface area contributed by atoms with E-state index in [4.69, 9.17) is 4.74 Å². The third kappa shape index (κ3) is 3.81. The van der Waals surface area contributed by atoms with Gasteiger partial charge < -0.3 is 9.84 Å². The first-order valence-corrected chi connectivity index (χ1v) is 7.64. The molecule has 2 aromatic rings. The smallest absolute Gasteiger partial charge is 0.131 e. The van der Waals surface area contributed by atoms with Crippen LogP contribution in [0.25, 0.3) is 0 Å². The average Bonchev–Trinajstić information content (AvgIpc) is 2.85. The van der Waals surface area contributed by atoms with E-state index in [0.717, 1.165) is 22.0 Å². The van der Waals surface area contributed by atoms with Crippen LogP contribution in [0.5, 0.6) is 5.75 Å². The predicted octanol–water partition coefficient (Wildman–Crippen LogP) is 4.07. The average molecular weight is 291 g/mol. The number of nitrogens with zero attached hydrogens (tertiary/aromatic N) is 1. The molecule has 1 heterocycles. The molecule has 0 radical (unpaired) electrons. The molecule has 1 aromatic heterocycles. The highest BCUT2D eigenvalue weighted by Crippen LogP contribution is 2.23. The fraction of sp³-hybridized carbons (Fsp3) is 0.438. The summed E-state index contributed by atoms with van der Waals surface area (Å²) in [5, 5.41) is 13.1. The highest BCUT2D eigenvalue weighted by molar-refractivity contribution is 7.09. The highest BCUT2D eigenvalue weighted by atomic mass is 32.1. The minimum absolute atomic E-state index is 0.458. The van der Waals surface area contributed by atoms with E-state index in [0.29, 0.717) is 12.5 Å². The van der Waals surface area contributed by atoms with Gasteiger partial charge in [-0.1, -0.05) is 26.0 Å². The second-order valence-electron chi connectivity index (χ2n) is 5.70. The normalized spacial score (nSPS) is 11.9. The van der Waals surface area contributed by atoms with Gasteiger partial charge in [0.25, 0.3) is 0 Å². The van der Waals surface area contributed by atoms with Gasteiger partial charge in [-0.15, -0.1) is 11.3 Å². The molecule has 0 bridgehead atoms. The Morgan fingerprint density at radius 1 is 1.25 bits per heavy atom. The fourth-order valence-electron chi connectivity index (χ4n) is 1.77. The standard InChI is InChI=1S/C16H21NO2S/c1-11(2)15-17-13(10-20-15)9-19-14-7-5-12(6-8-14)16(3,4)18/h5-8,10-11,18H,9H2,1-4H3. The van der Waals surface area contributed by atoms with Crippen molar-refractivity contribution < 1.29 is 9.84 Å². The highest BCUT2D eigenvalue weighted by Gasteiger charge is 2.15. The van der Waals surface area contributed by atoms with Crippen LogP contribution < -0.4 is 4.74 Å². The van der Waals surface area contributed by atoms with E-state index < -0.39 is 5.60 Å². The minimum Gasteiger partial charge on any atom is -0.487 e. The maximum absolute atomic E-state index is 9.89. The molecule has 0 saturated heterocycles. The summed E-state index contributed by atoms with van der Waals surface area (Å²) in [7, 11) is 0. The van der Waals surface area contributed by atoms with Crippen molar-refractivity contribution >= 4 is 11.3 Å². The van der Waals surface area contributed by atoms with Crippen molar-refractivity contribution in [3.05, 3.63) is 45.9 Å². The third-order valence-electron chi connectivity index (χ3n) is 3.01. The van der Waals surface area contributed by atoms with Gasteiger partial charge in [0.05, 0.1) is 16.3 Å². The van der Waals surface area contributed by atoms with Crippen LogP contribution in [0, 0.1) is 0 Å². The molecule has 0 amide bonds. The van der Waals surface area contributed by atoms with Gasteiger partial charge in [0, 0.05) is 11.3 Å². The maximum Gasteiger partial charge on any atom is 0.131 e. The summed E-state index contributed by atoms with van der Waals surface area (Å²) in [5.74, 6) is 1.25. The molecule has 0 fully saturated rings. The van der Waals surface area contributed by atoms with E-state index in [2.05, 4.69) is 18.8 Å². The Morgan fingerprint density at radius 3 is 2.40 bits per heavy atom. The topological polar surface area (TPSA) is 42.4 Å². The van der Waals surface area contributed by atoms with Crippen LogP contribution in [0.2, 0.25) is 0 Å². The first kappa shape index (κ1) is 15.0. The molecule has 1 aromatic carbocycles. The van der Waals surface area contributed by atoms with Gasteiger partial charge in [0.15, 0.2) is 0 Å². The molecule has 3 nitrogen and oxygen atoms in total. The van der Waals surface area contributed by atoms with Crippen molar-refractivity contribution in [3.8, 4) is 5.75 Å². The second kappa shape index (κ2) is 5.94. The third-order valence-corrected chi connectivity index (χ3v) is 4.21. The van der Waals surface area contributed by atoms with E-state index in [1.165, 1.54) is 0 Å². The van der Waals surface area contributed by atoms with Crippen molar-refractivity contribution in [2.45, 2.75) is 45.8 Å². The van der Waals surface area contributed by atoms with Gasteiger partial charge in [-0.3, -0.25) is 0 Å². The van der Waals surface area contributed by atoms with Gasteiger partial charge in [0.1, 0.15) is 12.4 Å². The number of thiazole rings is 1. The van der Waals surface area contributed by atoms with Crippen LogP contribution >= 0.6 is 11.3 Å². The quantitative estimate of drug-likeness (QED) is 0.903. The number of aromatic nitrogens is 1. The lowest BCUT2D eigenvalue weighted by atomic mass is 9.99. The summed E-state index contributed by atoms with van der Waals surface area (Å²) in [6.07, 6.45) is 0. The molecule has 0 aliphatic heterocycles. The lowest BCUT2D eigenvalue weighted by Gasteiger charge is -2.17. The molecular formula is C16H21NO2S. The molecular weight excluding hydrogens is 270 g/mol. The molecule has 0 unspecified atom stereocenters. The first-order valence-electron chi connectivity index (χ1n) is 6.76. The van der Waals surface area contributed by atoms with Gasteiger partial charge in [-0.25, -0.2) is 4.98 Å². The predicted molar refractivity (Wildman–Crippen MR) is 82.2 cm³/mol. The van der Waals surface area contributed by atoms with Crippen molar-refractivity contribution in [1.82, 2.24) is 4.98 Å². The maximum atomic E-state index is 9.89. The summed E-state index contributed by atoms with van der Waals surface area (Å²) >= 11 is 1.67. The molecule has 2 rings (SSSR count). The van der Waals surface area contributed by atoms with Crippen molar-refractivity contribution in [2.75, 3.05) is 0 Å². The molecule has 1 N–H and O–H groups in total. The number of hydrogen-bond donors (Lipinski definition) is 1. The summed E-state index contributed by atoms with van der Waals surface area (Å²) < 4.78 is 5.72. The molecule has 0 saturated carbocycles. The lowest BCUT2D eigenvalue weighted by molar-refractivity contribution is 0.0785. The molecule has 0 atom stereocenters. The number of hydrogen-bond acceptors (Lipinski definition) is 4. The van der Waals surface area contributed by atoms with Gasteiger partial charge in [-0.2, -0.15) is 0 Å². The zero-order valence-electron chi connectivity index (χ0n) is 12.4. The number of aliphatic hydroxyl groups is 1. The number of benzene rings is 1. The van der Waals surface area contributed by atoms with Crippen molar-refractivity contribution in [2.24, 2.45) is 0 Å². The first-order chi connectivity index (χ1) is 9.36. The van der Waals surface area contributed by atoms with Crippen LogP contribution in [0.4, 0.5) is 0 Å². The molecule has 0 spiro atoms. The summed E-state index contributed by atoms with van der Waals surface area (Å²) in [6.45, 7) is 8.29. The van der Waals surface area contributed by atoms with E-state index in [1.54, 1.807) is 25.2 Å². The van der Waals surface area contributed by atoms with E-state index in [9.17, 15) is 5.11 Å². The largest absolute Gasteiger partial charge is 0.487 e. The summed E-state index contributed by atoms with van der Waals surface area (Å²) in [4.78, 5) is 4.54. The van der Waals surface area contributed by atoms with Gasteiger partial charge >= 0.3 is 0 Å². The second-order valence-corrected chi connectivity index (χ2v) is 6.59. The lowest BCUT2D eigenvalue weighted by Crippen LogP contribution is -2.14. The van der Waals surface area contributed by atoms with E-state index in [1.807, 2.05) is 29.6 Å². The SMILES string of the molecule is CC(C)c1nc(COc2ccc(C(C)(C)O)cc2)cs1. The van der Waals surface area contributed by atoms with Crippen LogP contribution in [-0.2, 0) is 12.2 Å². The van der Waals surface area contributed by atoms with E-state index >= 15 is 0 Å². The van der Waals surface area contributed by atoms with Gasteiger partial charge in [-0.05, 0) is 31.5 Å². The molecule has 4 heteroatoms. The zero-order chi connectivity index (χ0) is 14.8. The van der Waals surface area contributed by atoms with Crippen LogP contribution in [0.15, 0.2) is 29.6 Å². The van der Waals surface area contributed by atoms with E-state index in [-0.39, 0.29) is 0 Å². The zero-order valence-corrected chi connectivity index (χ0v) is 13.2. The molecule has 0 aliphatic rings. The van der Waals surface area contributed by atoms with Crippen LogP contribution in [0.3, 0.4) is 0 Å². The summed E-state index contributed by atoms with van der Waals surface area (Å²) in [6, 6.07) is 7.53. The Bertz CT molecular complexity index is 553. The fourth-order valence-corrected chi connectivity index (χ4v) is 2.59. The number of rotatable bonds is 5. The Hall–Kier alpha value is -1.39. The van der Waals surface area contributed by atoms with Gasteiger partial charge in [0.2, 0.25) is 0 Å². The Morgan fingerprint density at radius 2 is 1.90 bits per heavy atom. The monoisotopic (exact) mass is 291 g/mol. The molecule has 20 heavy (non-hydrogen) atoms. The Labute approximate surface area is 124 Å². The van der Waals surface area contributed by atoms with Crippen LogP contribution in [0.1, 0.15) is 49.9 Å². The Kier molecular flexibility index (Phi) is 4.45. The minimum atomic E-state index is -0.820. The van der Waals surface area contributed by atoms with Crippen LogP contribution in [-0.4, -0.2) is 10.1 Å². The molecule has 0 aliphatic carbocycles. The summed E-state index contributed by atoms with van der Waals surface area (Å²) in [5.41, 5.74) is 1.02. The Balaban J connectivity index is 1.97. The van der Waals surface area contributed by atoms with Crippen molar-refractivity contribution in [3.63, 3.8) is 0 Å². The van der Waals surface area contributed by atoms with Crippen molar-refractivity contribution in [1.29, 1.82) is 0 Å².